The Morgan fingerprint density at radius 2 is 2.06 bits per heavy atom. The third-order valence-corrected chi connectivity index (χ3v) is 2.74. The number of alkyl halides is 2. The average molecular weight is 264 g/mol. The number of nitrogens with one attached hydrogen (secondary N) is 1. The maximum Gasteiger partial charge on any atom is 0.278 e. The normalized spacial score (nSPS) is 11.6. The van der Waals surface area contributed by atoms with Gasteiger partial charge in [-0.2, -0.15) is 0 Å². The summed E-state index contributed by atoms with van der Waals surface area (Å²) in [6.07, 6.45) is -0.292. The molecule has 0 saturated carbocycles. The van der Waals surface area contributed by atoms with E-state index in [1.165, 1.54) is 13.2 Å². The number of methoxy groups -OCH3 is 1. The Kier molecular flexibility index (Phi) is 4.71. The molecule has 1 aromatic rings. The molecule has 1 aromatic carbocycles. The second-order valence-corrected chi connectivity index (χ2v) is 4.30. The summed E-state index contributed by atoms with van der Waals surface area (Å²) in [6.45, 7) is 1.92. The van der Waals surface area contributed by atoms with E-state index in [-0.39, 0.29) is 24.3 Å². The van der Waals surface area contributed by atoms with Crippen molar-refractivity contribution in [2.75, 3.05) is 20.7 Å². The van der Waals surface area contributed by atoms with E-state index in [4.69, 9.17) is 16.3 Å². The van der Waals surface area contributed by atoms with E-state index < -0.39 is 5.92 Å². The Morgan fingerprint density at radius 1 is 1.41 bits per heavy atom. The molecule has 0 atom stereocenters. The van der Waals surface area contributed by atoms with Gasteiger partial charge in [-0.25, -0.2) is 8.78 Å². The SMILES string of the molecule is CNCCC(F)(F)c1cc(Cl)cc(C)c1OC. The summed E-state index contributed by atoms with van der Waals surface area (Å²) in [6, 6.07) is 2.88. The van der Waals surface area contributed by atoms with Crippen LogP contribution < -0.4 is 10.1 Å². The number of aryl methyl sites for hydroxylation is 1. The molecule has 0 spiro atoms. The molecule has 1 N–H and O–H groups in total. The van der Waals surface area contributed by atoms with Crippen molar-refractivity contribution in [1.82, 2.24) is 5.32 Å². The summed E-state index contributed by atoms with van der Waals surface area (Å²) in [5.41, 5.74) is 0.458. The van der Waals surface area contributed by atoms with Crippen molar-refractivity contribution in [3.63, 3.8) is 0 Å². The van der Waals surface area contributed by atoms with E-state index >= 15 is 0 Å². The predicted molar refractivity (Wildman–Crippen MR) is 65.2 cm³/mol. The number of benzene rings is 1. The van der Waals surface area contributed by atoms with Gasteiger partial charge >= 0.3 is 0 Å². The number of halogens is 3. The maximum atomic E-state index is 14.0. The Hall–Kier alpha value is -0.870. The van der Waals surface area contributed by atoms with E-state index in [1.54, 1.807) is 20.0 Å². The zero-order valence-electron chi connectivity index (χ0n) is 10.1. The standard InChI is InChI=1S/C12H16ClF2NO/c1-8-6-9(13)7-10(11(8)17-3)12(14,15)4-5-16-2/h6-7,16H,4-5H2,1-3H3. The van der Waals surface area contributed by atoms with E-state index in [0.717, 1.165) is 0 Å². The average Bonchev–Trinajstić information content (AvgIpc) is 2.25. The van der Waals surface area contributed by atoms with Crippen molar-refractivity contribution in [2.24, 2.45) is 0 Å². The van der Waals surface area contributed by atoms with Gasteiger partial charge in [0.2, 0.25) is 0 Å². The molecule has 0 heterocycles. The van der Waals surface area contributed by atoms with Gasteiger partial charge in [-0.05, 0) is 31.7 Å². The molecule has 96 valence electrons. The van der Waals surface area contributed by atoms with Crippen molar-refractivity contribution in [3.8, 4) is 5.75 Å². The molecule has 0 fully saturated rings. The molecule has 1 rings (SSSR count). The smallest absolute Gasteiger partial charge is 0.278 e. The first-order valence-corrected chi connectivity index (χ1v) is 5.67. The minimum absolute atomic E-state index is 0.153. The maximum absolute atomic E-state index is 14.0. The number of hydrogen-bond donors (Lipinski definition) is 1. The van der Waals surface area contributed by atoms with Crippen LogP contribution in [0.1, 0.15) is 17.5 Å². The lowest BCUT2D eigenvalue weighted by Crippen LogP contribution is -2.22. The van der Waals surface area contributed by atoms with Crippen molar-refractivity contribution < 1.29 is 13.5 Å². The fraction of sp³-hybridized carbons (Fsp3) is 0.500. The largest absolute Gasteiger partial charge is 0.496 e. The zero-order valence-corrected chi connectivity index (χ0v) is 10.9. The van der Waals surface area contributed by atoms with Gasteiger partial charge in [-0.1, -0.05) is 11.6 Å². The van der Waals surface area contributed by atoms with Gasteiger partial charge in [0.05, 0.1) is 12.7 Å². The van der Waals surface area contributed by atoms with Crippen molar-refractivity contribution in [2.45, 2.75) is 19.3 Å². The van der Waals surface area contributed by atoms with Crippen molar-refractivity contribution in [1.29, 1.82) is 0 Å². The van der Waals surface area contributed by atoms with Crippen LogP contribution in [0, 0.1) is 6.92 Å². The molecule has 0 saturated heterocycles. The van der Waals surface area contributed by atoms with Gasteiger partial charge in [0, 0.05) is 18.0 Å². The lowest BCUT2D eigenvalue weighted by molar-refractivity contribution is -0.0145. The van der Waals surface area contributed by atoms with Crippen LogP contribution in [0.3, 0.4) is 0 Å². The third kappa shape index (κ3) is 3.30. The van der Waals surface area contributed by atoms with Crippen LogP contribution in [0.4, 0.5) is 8.78 Å². The van der Waals surface area contributed by atoms with E-state index in [1.807, 2.05) is 0 Å². The van der Waals surface area contributed by atoms with Gasteiger partial charge in [-0.3, -0.25) is 0 Å². The summed E-state index contributed by atoms with van der Waals surface area (Å²) in [7, 11) is 3.02. The fourth-order valence-electron chi connectivity index (χ4n) is 1.69. The summed E-state index contributed by atoms with van der Waals surface area (Å²) in [5, 5.41) is 3.00. The van der Waals surface area contributed by atoms with Crippen LogP contribution in [-0.4, -0.2) is 20.7 Å². The summed E-state index contributed by atoms with van der Waals surface area (Å²) in [4.78, 5) is 0. The monoisotopic (exact) mass is 263 g/mol. The van der Waals surface area contributed by atoms with Gasteiger partial charge in [0.1, 0.15) is 5.75 Å². The lowest BCUT2D eigenvalue weighted by Gasteiger charge is -2.21. The highest BCUT2D eigenvalue weighted by atomic mass is 35.5. The quantitative estimate of drug-likeness (QED) is 0.880. The first-order chi connectivity index (χ1) is 7.92. The lowest BCUT2D eigenvalue weighted by atomic mass is 10.0. The molecule has 0 amide bonds. The molecule has 0 radical (unpaired) electrons. The Labute approximate surface area is 105 Å². The van der Waals surface area contributed by atoms with Crippen LogP contribution in [0.15, 0.2) is 12.1 Å². The first kappa shape index (κ1) is 14.2. The first-order valence-electron chi connectivity index (χ1n) is 5.29. The van der Waals surface area contributed by atoms with Gasteiger partial charge in [-0.15, -0.1) is 0 Å². The fourth-order valence-corrected chi connectivity index (χ4v) is 1.96. The number of rotatable bonds is 5. The van der Waals surface area contributed by atoms with Crippen molar-refractivity contribution >= 4 is 11.6 Å². The number of hydrogen-bond acceptors (Lipinski definition) is 2. The van der Waals surface area contributed by atoms with Crippen LogP contribution in [0.2, 0.25) is 5.02 Å². The summed E-state index contributed by atoms with van der Waals surface area (Å²) in [5.74, 6) is -2.75. The van der Waals surface area contributed by atoms with E-state index in [9.17, 15) is 8.78 Å². The second-order valence-electron chi connectivity index (χ2n) is 3.86. The molecule has 17 heavy (non-hydrogen) atoms. The minimum Gasteiger partial charge on any atom is -0.496 e. The predicted octanol–water partition coefficient (Wildman–Crippen LogP) is 3.36. The molecule has 0 aliphatic heterocycles. The van der Waals surface area contributed by atoms with Crippen LogP contribution in [0.5, 0.6) is 5.75 Å². The van der Waals surface area contributed by atoms with Gasteiger partial charge in [0.15, 0.2) is 0 Å². The van der Waals surface area contributed by atoms with Crippen LogP contribution in [0.25, 0.3) is 0 Å². The third-order valence-electron chi connectivity index (χ3n) is 2.53. The van der Waals surface area contributed by atoms with Gasteiger partial charge < -0.3 is 10.1 Å². The Morgan fingerprint density at radius 3 is 2.59 bits per heavy atom. The molecule has 5 heteroatoms. The zero-order chi connectivity index (χ0) is 13.1. The number of ether oxygens (including phenoxy) is 1. The molecule has 0 aliphatic rings. The van der Waals surface area contributed by atoms with E-state index in [0.29, 0.717) is 10.6 Å². The summed E-state index contributed by atoms with van der Waals surface area (Å²) >= 11 is 5.81. The van der Waals surface area contributed by atoms with Crippen LogP contribution >= 0.6 is 11.6 Å². The van der Waals surface area contributed by atoms with Crippen molar-refractivity contribution in [3.05, 3.63) is 28.3 Å². The highest BCUT2D eigenvalue weighted by molar-refractivity contribution is 6.30. The molecule has 0 bridgehead atoms. The second kappa shape index (κ2) is 5.65. The topological polar surface area (TPSA) is 21.3 Å². The van der Waals surface area contributed by atoms with Crippen LogP contribution in [-0.2, 0) is 5.92 Å². The molecule has 2 nitrogen and oxygen atoms in total. The summed E-state index contributed by atoms with van der Waals surface area (Å²) < 4.78 is 33.0. The molecule has 0 unspecified atom stereocenters. The minimum atomic E-state index is -2.95. The molecule has 0 aromatic heterocycles. The Bertz CT molecular complexity index is 396. The molecule has 0 aliphatic carbocycles. The Balaban J connectivity index is 3.18. The van der Waals surface area contributed by atoms with Gasteiger partial charge in [0.25, 0.3) is 5.92 Å². The highest BCUT2D eigenvalue weighted by Crippen LogP contribution is 2.40. The highest BCUT2D eigenvalue weighted by Gasteiger charge is 2.35. The molecular weight excluding hydrogens is 248 g/mol. The van der Waals surface area contributed by atoms with E-state index in [2.05, 4.69) is 5.32 Å². The molecular formula is C12H16ClF2NO.